The molecule has 0 aromatic carbocycles. The summed E-state index contributed by atoms with van der Waals surface area (Å²) in [7, 11) is 0. The number of ether oxygens (including phenoxy) is 1. The van der Waals surface area contributed by atoms with E-state index in [0.717, 1.165) is 18.9 Å². The van der Waals surface area contributed by atoms with Gasteiger partial charge in [-0.1, -0.05) is 32.1 Å². The van der Waals surface area contributed by atoms with Crippen LogP contribution >= 0.6 is 0 Å². The largest absolute Gasteiger partial charge is 0.462 e. The van der Waals surface area contributed by atoms with Gasteiger partial charge in [-0.3, -0.25) is 0 Å². The summed E-state index contributed by atoms with van der Waals surface area (Å²) in [5.74, 6) is 1.11. The Morgan fingerprint density at radius 1 is 1.43 bits per heavy atom. The molecule has 0 atom stereocenters. The minimum Gasteiger partial charge on any atom is -0.462 e. The third-order valence-corrected chi connectivity index (χ3v) is 4.01. The van der Waals surface area contributed by atoms with Crippen molar-refractivity contribution < 1.29 is 9.53 Å². The van der Waals surface area contributed by atoms with Crippen LogP contribution in [0.1, 0.15) is 55.8 Å². The highest BCUT2D eigenvalue weighted by molar-refractivity contribution is 5.95. The van der Waals surface area contributed by atoms with Crippen molar-refractivity contribution in [2.45, 2.75) is 45.4 Å². The van der Waals surface area contributed by atoms with Crippen LogP contribution in [-0.4, -0.2) is 24.1 Å². The number of rotatable bonds is 6. The van der Waals surface area contributed by atoms with E-state index in [1.807, 2.05) is 0 Å². The quantitative estimate of drug-likeness (QED) is 0.787. The number of carbonyl (C=O) groups excluding carboxylic acids is 1. The molecule has 1 heterocycles. The Hall–Kier alpha value is -1.78. The maximum atomic E-state index is 11.8. The number of hydrogen-bond donors (Lipinski definition) is 2. The number of nitrogen functional groups attached to an aromatic ring is 1. The molecule has 1 saturated carbocycles. The second-order valence-corrected chi connectivity index (χ2v) is 5.60. The first-order chi connectivity index (χ1) is 10.2. The van der Waals surface area contributed by atoms with Gasteiger partial charge in [0.1, 0.15) is 5.82 Å². The molecule has 0 saturated heterocycles. The van der Waals surface area contributed by atoms with Crippen LogP contribution < -0.4 is 11.1 Å². The summed E-state index contributed by atoms with van der Waals surface area (Å²) >= 11 is 0. The summed E-state index contributed by atoms with van der Waals surface area (Å²) < 4.78 is 4.99. The molecule has 0 aliphatic heterocycles. The average Bonchev–Trinajstić information content (AvgIpc) is 2.50. The average molecular weight is 291 g/mol. The third-order valence-electron chi connectivity index (χ3n) is 4.01. The standard InChI is InChI=1S/C16H25N3O2/c1-2-21-16(20)13-10-15(19-11-14(13)17)18-9-8-12-6-4-3-5-7-12/h10-12H,2-9,17H2,1H3,(H,18,19). The molecule has 21 heavy (non-hydrogen) atoms. The molecule has 1 aliphatic carbocycles. The zero-order valence-electron chi connectivity index (χ0n) is 12.7. The topological polar surface area (TPSA) is 77.2 Å². The van der Waals surface area contributed by atoms with Crippen LogP contribution in [0.5, 0.6) is 0 Å². The number of nitrogens with zero attached hydrogens (tertiary/aromatic N) is 1. The molecule has 3 N–H and O–H groups in total. The molecule has 0 bridgehead atoms. The maximum Gasteiger partial charge on any atom is 0.340 e. The van der Waals surface area contributed by atoms with Gasteiger partial charge < -0.3 is 15.8 Å². The Kier molecular flexibility index (Phi) is 5.84. The van der Waals surface area contributed by atoms with Gasteiger partial charge >= 0.3 is 5.97 Å². The van der Waals surface area contributed by atoms with E-state index in [1.54, 1.807) is 13.0 Å². The first-order valence-corrected chi connectivity index (χ1v) is 7.87. The molecule has 1 aliphatic rings. The maximum absolute atomic E-state index is 11.8. The van der Waals surface area contributed by atoms with Crippen molar-refractivity contribution >= 4 is 17.5 Å². The molecule has 116 valence electrons. The fourth-order valence-corrected chi connectivity index (χ4v) is 2.83. The molecule has 0 amide bonds. The van der Waals surface area contributed by atoms with E-state index in [1.165, 1.54) is 38.3 Å². The fraction of sp³-hybridized carbons (Fsp3) is 0.625. The Bertz CT molecular complexity index is 471. The Balaban J connectivity index is 1.88. The Morgan fingerprint density at radius 2 is 2.19 bits per heavy atom. The molecular formula is C16H25N3O2. The number of nitrogens with one attached hydrogen (secondary N) is 1. The van der Waals surface area contributed by atoms with Crippen LogP contribution in [0.4, 0.5) is 11.5 Å². The highest BCUT2D eigenvalue weighted by Crippen LogP contribution is 2.26. The van der Waals surface area contributed by atoms with E-state index in [-0.39, 0.29) is 0 Å². The van der Waals surface area contributed by atoms with E-state index in [2.05, 4.69) is 10.3 Å². The molecule has 0 unspecified atom stereocenters. The zero-order valence-corrected chi connectivity index (χ0v) is 12.7. The summed E-state index contributed by atoms with van der Waals surface area (Å²) in [6.07, 6.45) is 9.44. The summed E-state index contributed by atoms with van der Waals surface area (Å²) in [6.45, 7) is 2.99. The Morgan fingerprint density at radius 3 is 2.90 bits per heavy atom. The highest BCUT2D eigenvalue weighted by Gasteiger charge is 2.14. The van der Waals surface area contributed by atoms with Crippen molar-refractivity contribution in [2.75, 3.05) is 24.2 Å². The van der Waals surface area contributed by atoms with Crippen molar-refractivity contribution in [3.05, 3.63) is 17.8 Å². The minimum absolute atomic E-state index is 0.338. The van der Waals surface area contributed by atoms with Crippen molar-refractivity contribution in [3.63, 3.8) is 0 Å². The van der Waals surface area contributed by atoms with Crippen LogP contribution in [0.25, 0.3) is 0 Å². The van der Waals surface area contributed by atoms with Gasteiger partial charge in [0.05, 0.1) is 24.1 Å². The van der Waals surface area contributed by atoms with Gasteiger partial charge in [-0.05, 0) is 25.3 Å². The predicted molar refractivity (Wildman–Crippen MR) is 84.3 cm³/mol. The SMILES string of the molecule is CCOC(=O)c1cc(NCCC2CCCCC2)ncc1N. The first-order valence-electron chi connectivity index (χ1n) is 7.87. The monoisotopic (exact) mass is 291 g/mol. The first kappa shape index (κ1) is 15.6. The number of nitrogens with two attached hydrogens (primary N) is 1. The van der Waals surface area contributed by atoms with Crippen molar-refractivity contribution in [1.82, 2.24) is 4.98 Å². The lowest BCUT2D eigenvalue weighted by Gasteiger charge is -2.21. The highest BCUT2D eigenvalue weighted by atomic mass is 16.5. The molecule has 2 rings (SSSR count). The predicted octanol–water partition coefficient (Wildman–Crippen LogP) is 3.22. The second kappa shape index (κ2) is 7.86. The Labute approximate surface area is 126 Å². The lowest BCUT2D eigenvalue weighted by molar-refractivity contribution is 0.0527. The smallest absolute Gasteiger partial charge is 0.340 e. The van der Waals surface area contributed by atoms with E-state index >= 15 is 0 Å². The number of esters is 1. The van der Waals surface area contributed by atoms with E-state index < -0.39 is 5.97 Å². The molecule has 1 aromatic rings. The lowest BCUT2D eigenvalue weighted by atomic mass is 9.87. The van der Waals surface area contributed by atoms with Gasteiger partial charge in [0.15, 0.2) is 0 Å². The normalized spacial score (nSPS) is 15.7. The fourth-order valence-electron chi connectivity index (χ4n) is 2.83. The van der Waals surface area contributed by atoms with Crippen LogP contribution in [0.2, 0.25) is 0 Å². The van der Waals surface area contributed by atoms with Crippen molar-refractivity contribution in [1.29, 1.82) is 0 Å². The second-order valence-electron chi connectivity index (χ2n) is 5.60. The number of carbonyl (C=O) groups is 1. The van der Waals surface area contributed by atoms with Gasteiger partial charge in [0, 0.05) is 6.54 Å². The van der Waals surface area contributed by atoms with Gasteiger partial charge in [-0.25, -0.2) is 9.78 Å². The summed E-state index contributed by atoms with van der Waals surface area (Å²) in [5, 5.41) is 3.28. The van der Waals surface area contributed by atoms with Crippen LogP contribution in [0.15, 0.2) is 12.3 Å². The molecular weight excluding hydrogens is 266 g/mol. The number of anilines is 2. The van der Waals surface area contributed by atoms with Gasteiger partial charge in [0.2, 0.25) is 0 Å². The lowest BCUT2D eigenvalue weighted by Crippen LogP contribution is -2.14. The minimum atomic E-state index is -0.396. The molecule has 1 aromatic heterocycles. The van der Waals surface area contributed by atoms with Crippen molar-refractivity contribution in [3.8, 4) is 0 Å². The van der Waals surface area contributed by atoms with Crippen LogP contribution in [0, 0.1) is 5.92 Å². The van der Waals surface area contributed by atoms with Gasteiger partial charge in [0.25, 0.3) is 0 Å². The zero-order chi connectivity index (χ0) is 15.1. The van der Waals surface area contributed by atoms with E-state index in [0.29, 0.717) is 23.7 Å². The van der Waals surface area contributed by atoms with E-state index in [4.69, 9.17) is 10.5 Å². The molecule has 1 fully saturated rings. The number of pyridine rings is 1. The molecule has 5 nitrogen and oxygen atoms in total. The molecule has 0 spiro atoms. The molecule has 0 radical (unpaired) electrons. The number of hydrogen-bond acceptors (Lipinski definition) is 5. The molecule has 5 heteroatoms. The van der Waals surface area contributed by atoms with Crippen LogP contribution in [-0.2, 0) is 4.74 Å². The van der Waals surface area contributed by atoms with Gasteiger partial charge in [-0.2, -0.15) is 0 Å². The van der Waals surface area contributed by atoms with E-state index in [9.17, 15) is 4.79 Å². The number of aromatic nitrogens is 1. The summed E-state index contributed by atoms with van der Waals surface area (Å²) in [6, 6.07) is 1.67. The van der Waals surface area contributed by atoms with Crippen LogP contribution in [0.3, 0.4) is 0 Å². The van der Waals surface area contributed by atoms with Gasteiger partial charge in [-0.15, -0.1) is 0 Å². The summed E-state index contributed by atoms with van der Waals surface area (Å²) in [4.78, 5) is 16.0. The third kappa shape index (κ3) is 4.62. The summed E-state index contributed by atoms with van der Waals surface area (Å²) in [5.41, 5.74) is 6.51. The van der Waals surface area contributed by atoms with Crippen molar-refractivity contribution in [2.24, 2.45) is 5.92 Å².